The smallest absolute Gasteiger partial charge is 0.410 e. The molecule has 17 heteroatoms. The molecule has 75 heavy (non-hydrogen) atoms. The van der Waals surface area contributed by atoms with Crippen molar-refractivity contribution in [3.63, 3.8) is 0 Å². The zero-order chi connectivity index (χ0) is 53.5. The van der Waals surface area contributed by atoms with Gasteiger partial charge in [-0.15, -0.1) is 10.2 Å². The number of carbonyl (C=O) groups excluding carboxylic acids is 2. The maximum atomic E-state index is 16.3. The average Bonchev–Trinajstić information content (AvgIpc) is 3.86. The van der Waals surface area contributed by atoms with Crippen molar-refractivity contribution in [3.8, 4) is 39.8 Å². The Morgan fingerprint density at radius 3 is 1.55 bits per heavy atom. The second-order valence-electron chi connectivity index (χ2n) is 21.4. The molecule has 2 amide bonds. The van der Waals surface area contributed by atoms with E-state index in [1.54, 1.807) is 31.1 Å². The van der Waals surface area contributed by atoms with Gasteiger partial charge in [0.1, 0.15) is 28.5 Å². The van der Waals surface area contributed by atoms with Gasteiger partial charge in [-0.25, -0.2) is 18.0 Å². The van der Waals surface area contributed by atoms with Crippen LogP contribution in [0.4, 0.5) is 9.59 Å². The van der Waals surface area contributed by atoms with Crippen LogP contribution in [0.1, 0.15) is 101 Å². The Bertz CT molecular complexity index is 2940. The van der Waals surface area contributed by atoms with Gasteiger partial charge in [-0.2, -0.15) is 9.10 Å². The number of aromatic nitrogens is 4. The molecule has 0 atom stereocenters. The molecule has 2 fully saturated rings. The number of rotatable bonds is 16. The highest BCUT2D eigenvalue weighted by atomic mass is 32.2. The van der Waals surface area contributed by atoms with Gasteiger partial charge < -0.3 is 33.5 Å². The summed E-state index contributed by atoms with van der Waals surface area (Å²) in [6.07, 6.45) is 2.59. The lowest BCUT2D eigenvalue weighted by molar-refractivity contribution is 0.0179. The van der Waals surface area contributed by atoms with Crippen LogP contribution in [0.2, 0.25) is 0 Å². The number of sulfonamides is 1. The molecule has 2 aliphatic heterocycles. The topological polar surface area (TPSA) is 168 Å². The van der Waals surface area contributed by atoms with E-state index in [4.69, 9.17) is 28.8 Å². The number of carbonyl (C=O) groups is 2. The van der Waals surface area contributed by atoms with E-state index in [1.165, 1.54) is 9.10 Å². The van der Waals surface area contributed by atoms with Gasteiger partial charge in [0.25, 0.3) is 0 Å². The predicted molar refractivity (Wildman–Crippen MR) is 287 cm³/mol. The summed E-state index contributed by atoms with van der Waals surface area (Å²) in [5.74, 6) is 2.42. The van der Waals surface area contributed by atoms with Crippen molar-refractivity contribution < 1.29 is 41.7 Å². The van der Waals surface area contributed by atoms with Crippen molar-refractivity contribution in [3.05, 3.63) is 137 Å². The van der Waals surface area contributed by atoms with Crippen molar-refractivity contribution in [1.29, 1.82) is 0 Å². The fourth-order valence-electron chi connectivity index (χ4n) is 9.69. The highest BCUT2D eigenvalue weighted by molar-refractivity contribution is 7.89. The fraction of sp³-hybridized carbons (Fsp3) is 0.431. The van der Waals surface area contributed by atoms with Crippen LogP contribution in [0.3, 0.4) is 0 Å². The Kier molecular flexibility index (Phi) is 16.8. The van der Waals surface area contributed by atoms with Gasteiger partial charge in [0, 0.05) is 39.3 Å². The van der Waals surface area contributed by atoms with Gasteiger partial charge in [-0.05, 0) is 166 Å². The molecule has 398 valence electrons. The number of piperidine rings is 2. The van der Waals surface area contributed by atoms with Gasteiger partial charge in [0.2, 0.25) is 15.8 Å². The van der Waals surface area contributed by atoms with Crippen LogP contribution in [0.25, 0.3) is 22.5 Å². The van der Waals surface area contributed by atoms with Crippen LogP contribution in [-0.4, -0.2) is 114 Å². The number of ether oxygens (including phenoxy) is 5. The number of likely N-dealkylation sites (tertiary alicyclic amines) is 2. The SMILES string of the molecule is COc1ccc(CN(Cc2ccc(OC)cc2)S(=O)(=O)c2c(CC3CCN(C(=O)OC(C)(C)C)CC3)ccc(-c3ccc(C4CCN(C(=O)OC(C)(C)C)CC4)cc3)c2-c2nnn(Cc3ccc(OC)cc3)n2)cc1. The van der Waals surface area contributed by atoms with Crippen molar-refractivity contribution >= 4 is 22.2 Å². The maximum Gasteiger partial charge on any atom is 0.410 e. The minimum Gasteiger partial charge on any atom is -0.497 e. The van der Waals surface area contributed by atoms with Gasteiger partial charge in [0.05, 0.1) is 38.3 Å². The first-order valence-corrected chi connectivity index (χ1v) is 27.1. The standard InChI is InChI=1S/C58H71N7O9S/c1-57(2,3)73-55(66)62-32-28-40(29-33-62)36-47-20-27-51(46-18-16-44(17-19-46)45-30-34-63(35-31-45)56(67)74-58(4,5)6)52(54-59-61-65(60-54)39-43-14-25-50(72-9)26-15-43)53(47)75(68,69)64(37-41-10-21-48(70-7)22-11-41)38-42-12-23-49(71-8)24-13-42/h10-27,40,45H,28-39H2,1-9H3. The van der Waals surface area contributed by atoms with Gasteiger partial charge in [-0.3, -0.25) is 0 Å². The van der Waals surface area contributed by atoms with Gasteiger partial charge >= 0.3 is 12.2 Å². The highest BCUT2D eigenvalue weighted by Gasteiger charge is 2.36. The van der Waals surface area contributed by atoms with E-state index in [0.29, 0.717) is 79.4 Å². The summed E-state index contributed by atoms with van der Waals surface area (Å²) in [5.41, 5.74) is 4.69. The lowest BCUT2D eigenvalue weighted by Crippen LogP contribution is -2.42. The molecule has 0 saturated carbocycles. The molecule has 2 aliphatic rings. The highest BCUT2D eigenvalue weighted by Crippen LogP contribution is 2.42. The van der Waals surface area contributed by atoms with Crippen molar-refractivity contribution in [2.24, 2.45) is 5.92 Å². The summed E-state index contributed by atoms with van der Waals surface area (Å²) < 4.78 is 62.0. The lowest BCUT2D eigenvalue weighted by atomic mass is 9.86. The summed E-state index contributed by atoms with van der Waals surface area (Å²) in [6.45, 7) is 13.6. The molecule has 16 nitrogen and oxygen atoms in total. The van der Waals surface area contributed by atoms with E-state index in [2.05, 4.69) is 22.4 Å². The van der Waals surface area contributed by atoms with Crippen LogP contribution < -0.4 is 14.2 Å². The summed E-state index contributed by atoms with van der Waals surface area (Å²) in [5, 5.41) is 14.2. The number of hydrogen-bond donors (Lipinski definition) is 0. The van der Waals surface area contributed by atoms with Crippen molar-refractivity contribution in [2.45, 2.75) is 115 Å². The molecule has 1 aromatic heterocycles. The molecule has 0 N–H and O–H groups in total. The lowest BCUT2D eigenvalue weighted by Gasteiger charge is -2.34. The molecule has 0 radical (unpaired) electrons. The molecular formula is C58H71N7O9S. The second-order valence-corrected chi connectivity index (χ2v) is 23.3. The second kappa shape index (κ2) is 23.3. The first kappa shape index (κ1) is 54.3. The van der Waals surface area contributed by atoms with Gasteiger partial charge in [0.15, 0.2) is 0 Å². The van der Waals surface area contributed by atoms with E-state index in [9.17, 15) is 9.59 Å². The zero-order valence-corrected chi connectivity index (χ0v) is 45.6. The normalized spacial score (nSPS) is 15.0. The largest absolute Gasteiger partial charge is 0.497 e. The number of methoxy groups -OCH3 is 3. The molecule has 0 bridgehead atoms. The third-order valence-electron chi connectivity index (χ3n) is 13.6. The van der Waals surface area contributed by atoms with E-state index in [1.807, 2.05) is 139 Å². The Morgan fingerprint density at radius 2 is 1.08 bits per heavy atom. The Labute approximate surface area is 441 Å². The third-order valence-corrected chi connectivity index (χ3v) is 15.6. The summed E-state index contributed by atoms with van der Waals surface area (Å²) in [6, 6.07) is 34.6. The monoisotopic (exact) mass is 1040 g/mol. The number of benzene rings is 5. The molecule has 2 saturated heterocycles. The molecule has 3 heterocycles. The maximum absolute atomic E-state index is 16.3. The van der Waals surface area contributed by atoms with Gasteiger partial charge in [-0.1, -0.05) is 72.8 Å². The number of hydrogen-bond acceptors (Lipinski definition) is 12. The Balaban J connectivity index is 1.24. The number of tetrazole rings is 1. The van der Waals surface area contributed by atoms with Crippen molar-refractivity contribution in [2.75, 3.05) is 47.5 Å². The molecule has 0 spiro atoms. The zero-order valence-electron chi connectivity index (χ0n) is 44.7. The number of amides is 2. The van der Waals surface area contributed by atoms with E-state index in [-0.39, 0.29) is 54.4 Å². The third kappa shape index (κ3) is 13.9. The summed E-state index contributed by atoms with van der Waals surface area (Å²) in [4.78, 5) is 31.2. The Morgan fingerprint density at radius 1 is 0.613 bits per heavy atom. The van der Waals surface area contributed by atoms with Crippen LogP contribution in [0.5, 0.6) is 17.2 Å². The Hall–Kier alpha value is -6.98. The quantitative estimate of drug-likeness (QED) is 0.0901. The van der Waals surface area contributed by atoms with E-state index < -0.39 is 21.2 Å². The first-order valence-electron chi connectivity index (χ1n) is 25.7. The van der Waals surface area contributed by atoms with Crippen molar-refractivity contribution in [1.82, 2.24) is 34.3 Å². The molecule has 6 aromatic rings. The van der Waals surface area contributed by atoms with Crippen LogP contribution >= 0.6 is 0 Å². The van der Waals surface area contributed by atoms with E-state index >= 15 is 8.42 Å². The molecular weight excluding hydrogens is 971 g/mol. The van der Waals surface area contributed by atoms with Crippen LogP contribution in [-0.2, 0) is 45.6 Å². The minimum atomic E-state index is -4.46. The molecule has 8 rings (SSSR count). The number of nitrogens with zero attached hydrogens (tertiary/aromatic N) is 7. The summed E-state index contributed by atoms with van der Waals surface area (Å²) in [7, 11) is 0.351. The molecule has 0 unspecified atom stereocenters. The molecule has 5 aromatic carbocycles. The van der Waals surface area contributed by atoms with Crippen LogP contribution in [0.15, 0.2) is 114 Å². The van der Waals surface area contributed by atoms with E-state index in [0.717, 1.165) is 40.7 Å². The molecule has 0 aliphatic carbocycles. The minimum absolute atomic E-state index is 0.0349. The first-order chi connectivity index (χ1) is 35.8. The average molecular weight is 1040 g/mol. The van der Waals surface area contributed by atoms with Crippen LogP contribution in [0, 0.1) is 5.92 Å². The predicted octanol–water partition coefficient (Wildman–Crippen LogP) is 10.8. The fourth-order valence-corrected chi connectivity index (χ4v) is 11.5. The summed E-state index contributed by atoms with van der Waals surface area (Å²) >= 11 is 0.